The molecule has 86 valence electrons. The van der Waals surface area contributed by atoms with E-state index in [2.05, 4.69) is 10.2 Å². The summed E-state index contributed by atoms with van der Waals surface area (Å²) in [5.41, 5.74) is 3.09. The van der Waals surface area contributed by atoms with Crippen LogP contribution in [0.15, 0.2) is 52.7 Å². The molecule has 0 bridgehead atoms. The summed E-state index contributed by atoms with van der Waals surface area (Å²) in [6.07, 6.45) is 0. The summed E-state index contributed by atoms with van der Waals surface area (Å²) in [5.74, 6) is 0.287. The first-order chi connectivity index (χ1) is 8.18. The Morgan fingerprint density at radius 1 is 0.882 bits per heavy atom. The highest BCUT2D eigenvalue weighted by Gasteiger charge is 2.04. The summed E-state index contributed by atoms with van der Waals surface area (Å²) in [5, 5.41) is 18.0. The molecule has 0 aliphatic carbocycles. The monoisotopic (exact) mass is 226 g/mol. The van der Waals surface area contributed by atoms with Gasteiger partial charge in [-0.3, -0.25) is 0 Å². The maximum atomic E-state index is 9.78. The average Bonchev–Trinajstić information content (AvgIpc) is 2.36. The number of aryl methyl sites for hydroxylation is 1. The van der Waals surface area contributed by atoms with Crippen LogP contribution in [0.25, 0.3) is 0 Å². The van der Waals surface area contributed by atoms with Crippen LogP contribution in [-0.2, 0) is 0 Å². The predicted molar refractivity (Wildman–Crippen MR) is 68.2 cm³/mol. The van der Waals surface area contributed by atoms with Gasteiger partial charge >= 0.3 is 0 Å². The van der Waals surface area contributed by atoms with Crippen LogP contribution in [0.5, 0.6) is 5.75 Å². The number of phenols is 1. The fourth-order valence-corrected chi connectivity index (χ4v) is 1.54. The molecule has 0 atom stereocenters. The molecule has 2 rings (SSSR count). The van der Waals surface area contributed by atoms with Gasteiger partial charge in [0.05, 0.1) is 11.4 Å². The Labute approximate surface area is 100 Å². The number of benzene rings is 2. The highest BCUT2D eigenvalue weighted by Crippen LogP contribution is 2.31. The van der Waals surface area contributed by atoms with Gasteiger partial charge in [-0.15, -0.1) is 0 Å². The van der Waals surface area contributed by atoms with Gasteiger partial charge in [-0.25, -0.2) is 0 Å². The van der Waals surface area contributed by atoms with E-state index in [-0.39, 0.29) is 5.75 Å². The minimum absolute atomic E-state index is 0.287. The van der Waals surface area contributed by atoms with Crippen LogP contribution in [0, 0.1) is 13.8 Å². The Kier molecular flexibility index (Phi) is 3.19. The van der Waals surface area contributed by atoms with Crippen molar-refractivity contribution in [2.45, 2.75) is 13.8 Å². The van der Waals surface area contributed by atoms with E-state index in [1.807, 2.05) is 56.3 Å². The predicted octanol–water partition coefficient (Wildman–Crippen LogP) is 4.42. The van der Waals surface area contributed by atoms with Gasteiger partial charge in [-0.05, 0) is 37.6 Å². The molecule has 3 nitrogen and oxygen atoms in total. The van der Waals surface area contributed by atoms with Gasteiger partial charge in [0, 0.05) is 5.56 Å². The molecule has 17 heavy (non-hydrogen) atoms. The molecule has 0 heterocycles. The van der Waals surface area contributed by atoms with Crippen molar-refractivity contribution in [1.29, 1.82) is 0 Å². The third kappa shape index (κ3) is 2.50. The Morgan fingerprint density at radius 3 is 2.29 bits per heavy atom. The highest BCUT2D eigenvalue weighted by atomic mass is 16.3. The van der Waals surface area contributed by atoms with E-state index in [9.17, 15) is 5.11 Å². The number of azo groups is 1. The Morgan fingerprint density at radius 2 is 1.59 bits per heavy atom. The summed E-state index contributed by atoms with van der Waals surface area (Å²) < 4.78 is 0. The summed E-state index contributed by atoms with van der Waals surface area (Å²) >= 11 is 0. The molecule has 0 saturated heterocycles. The van der Waals surface area contributed by atoms with Crippen LogP contribution in [0.3, 0.4) is 0 Å². The minimum atomic E-state index is 0.287. The minimum Gasteiger partial charge on any atom is -0.507 e. The second-order valence-corrected chi connectivity index (χ2v) is 3.91. The van der Waals surface area contributed by atoms with Gasteiger partial charge < -0.3 is 5.11 Å². The molecule has 2 aromatic rings. The Hall–Kier alpha value is -2.16. The second kappa shape index (κ2) is 4.78. The number of hydrogen-bond donors (Lipinski definition) is 1. The first-order valence-corrected chi connectivity index (χ1v) is 5.44. The molecular weight excluding hydrogens is 212 g/mol. The van der Waals surface area contributed by atoms with Crippen LogP contribution in [0.2, 0.25) is 0 Å². The average molecular weight is 226 g/mol. The zero-order chi connectivity index (χ0) is 12.3. The molecule has 0 unspecified atom stereocenters. The van der Waals surface area contributed by atoms with E-state index >= 15 is 0 Å². The van der Waals surface area contributed by atoms with Crippen LogP contribution < -0.4 is 0 Å². The normalized spacial score (nSPS) is 10.9. The van der Waals surface area contributed by atoms with Crippen LogP contribution >= 0.6 is 0 Å². The van der Waals surface area contributed by atoms with E-state index in [1.165, 1.54) is 0 Å². The molecule has 0 aromatic heterocycles. The van der Waals surface area contributed by atoms with E-state index < -0.39 is 0 Å². The SMILES string of the molecule is Cc1ccc(/N=N/c2ccccc2)c(C)c1O. The molecule has 0 saturated carbocycles. The van der Waals surface area contributed by atoms with Crippen molar-refractivity contribution in [2.75, 3.05) is 0 Å². The van der Waals surface area contributed by atoms with E-state index in [0.29, 0.717) is 5.69 Å². The lowest BCUT2D eigenvalue weighted by Gasteiger charge is -2.04. The first kappa shape index (κ1) is 11.3. The van der Waals surface area contributed by atoms with Crippen LogP contribution in [0.1, 0.15) is 11.1 Å². The molecule has 3 heteroatoms. The third-order valence-electron chi connectivity index (χ3n) is 2.63. The molecule has 0 fully saturated rings. The van der Waals surface area contributed by atoms with Crippen LogP contribution in [0.4, 0.5) is 11.4 Å². The molecular formula is C14H14N2O. The fourth-order valence-electron chi connectivity index (χ4n) is 1.54. The zero-order valence-corrected chi connectivity index (χ0v) is 9.88. The zero-order valence-electron chi connectivity index (χ0n) is 9.88. The number of phenolic OH excluding ortho intramolecular Hbond substituents is 1. The first-order valence-electron chi connectivity index (χ1n) is 5.44. The van der Waals surface area contributed by atoms with Gasteiger partial charge in [0.25, 0.3) is 0 Å². The molecule has 0 amide bonds. The van der Waals surface area contributed by atoms with E-state index in [0.717, 1.165) is 16.8 Å². The largest absolute Gasteiger partial charge is 0.507 e. The maximum absolute atomic E-state index is 9.78. The Bertz CT molecular complexity index is 548. The summed E-state index contributed by atoms with van der Waals surface area (Å²) in [7, 11) is 0. The third-order valence-corrected chi connectivity index (χ3v) is 2.63. The number of rotatable bonds is 2. The van der Waals surface area contributed by atoms with E-state index in [4.69, 9.17) is 0 Å². The summed E-state index contributed by atoms with van der Waals surface area (Å²) in [6, 6.07) is 13.2. The van der Waals surface area contributed by atoms with Crippen molar-refractivity contribution >= 4 is 11.4 Å². The summed E-state index contributed by atoms with van der Waals surface area (Å²) in [6.45, 7) is 3.70. The standard InChI is InChI=1S/C14H14N2O/c1-10-8-9-13(11(2)14(10)17)16-15-12-6-4-3-5-7-12/h3-9,17H,1-2H3/b16-15+. The lowest BCUT2D eigenvalue weighted by Crippen LogP contribution is -1.80. The smallest absolute Gasteiger partial charge is 0.123 e. The van der Waals surface area contributed by atoms with Gasteiger partial charge in [0.1, 0.15) is 5.75 Å². The van der Waals surface area contributed by atoms with Crippen molar-refractivity contribution in [2.24, 2.45) is 10.2 Å². The topological polar surface area (TPSA) is 45.0 Å². The molecule has 2 aromatic carbocycles. The quantitative estimate of drug-likeness (QED) is 0.756. The lowest BCUT2D eigenvalue weighted by atomic mass is 10.1. The van der Waals surface area contributed by atoms with Crippen molar-refractivity contribution < 1.29 is 5.11 Å². The van der Waals surface area contributed by atoms with Gasteiger partial charge in [0.15, 0.2) is 0 Å². The van der Waals surface area contributed by atoms with Crippen LogP contribution in [-0.4, -0.2) is 5.11 Å². The van der Waals surface area contributed by atoms with Crippen molar-refractivity contribution in [1.82, 2.24) is 0 Å². The Balaban J connectivity index is 2.31. The fraction of sp³-hybridized carbons (Fsp3) is 0.143. The maximum Gasteiger partial charge on any atom is 0.123 e. The van der Waals surface area contributed by atoms with Gasteiger partial charge in [-0.1, -0.05) is 24.3 Å². The highest BCUT2D eigenvalue weighted by molar-refractivity contribution is 5.55. The molecule has 0 radical (unpaired) electrons. The molecule has 0 aliphatic heterocycles. The second-order valence-electron chi connectivity index (χ2n) is 3.91. The van der Waals surface area contributed by atoms with Gasteiger partial charge in [-0.2, -0.15) is 10.2 Å². The van der Waals surface area contributed by atoms with Crippen molar-refractivity contribution in [3.05, 3.63) is 53.6 Å². The van der Waals surface area contributed by atoms with E-state index in [1.54, 1.807) is 0 Å². The van der Waals surface area contributed by atoms with Gasteiger partial charge in [0.2, 0.25) is 0 Å². The lowest BCUT2D eigenvalue weighted by molar-refractivity contribution is 0.467. The number of hydrogen-bond acceptors (Lipinski definition) is 3. The molecule has 0 aliphatic rings. The number of aromatic hydroxyl groups is 1. The summed E-state index contributed by atoms with van der Waals surface area (Å²) in [4.78, 5) is 0. The number of nitrogens with zero attached hydrogens (tertiary/aromatic N) is 2. The van der Waals surface area contributed by atoms with Crippen molar-refractivity contribution in [3.8, 4) is 5.75 Å². The van der Waals surface area contributed by atoms with Crippen molar-refractivity contribution in [3.63, 3.8) is 0 Å². The molecule has 0 spiro atoms. The molecule has 1 N–H and O–H groups in total.